The Labute approximate surface area is 180 Å². The summed E-state index contributed by atoms with van der Waals surface area (Å²) in [5.41, 5.74) is -2.05. The maximum atomic E-state index is 13.8. The summed E-state index contributed by atoms with van der Waals surface area (Å²) in [7, 11) is 0. The lowest BCUT2D eigenvalue weighted by Gasteiger charge is -2.45. The van der Waals surface area contributed by atoms with Crippen LogP contribution >= 0.6 is 0 Å². The smallest absolute Gasteiger partial charge is 0.274 e. The number of nitrogens with one attached hydrogen (secondary N) is 1. The SMILES string of the molecule is CCN1C(=O)c2c(O)c(=O)c(C(=O)NCc3cc(F)c(F)cc3F)cn2[C@H]2CCOC[C@H]21. The van der Waals surface area contributed by atoms with Crippen molar-refractivity contribution >= 4 is 11.8 Å². The van der Waals surface area contributed by atoms with Gasteiger partial charge in [0.15, 0.2) is 23.1 Å². The molecule has 0 aliphatic carbocycles. The van der Waals surface area contributed by atoms with Gasteiger partial charge in [0, 0.05) is 37.5 Å². The first-order valence-electron chi connectivity index (χ1n) is 10.0. The van der Waals surface area contributed by atoms with Crippen molar-refractivity contribution in [3.63, 3.8) is 0 Å². The van der Waals surface area contributed by atoms with E-state index in [-0.39, 0.29) is 29.9 Å². The summed E-state index contributed by atoms with van der Waals surface area (Å²) in [4.78, 5) is 39.7. The van der Waals surface area contributed by atoms with Crippen LogP contribution in [-0.2, 0) is 11.3 Å². The number of halogens is 3. The number of aromatic nitrogens is 1. The van der Waals surface area contributed by atoms with Crippen LogP contribution in [0.3, 0.4) is 0 Å². The molecule has 0 saturated carbocycles. The highest BCUT2D eigenvalue weighted by atomic mass is 19.2. The third-order valence-corrected chi connectivity index (χ3v) is 5.84. The van der Waals surface area contributed by atoms with E-state index in [2.05, 4.69) is 5.32 Å². The predicted octanol–water partition coefficient (Wildman–Crippen LogP) is 1.71. The third kappa shape index (κ3) is 3.52. The number of carbonyl (C=O) groups is 2. The average molecular weight is 451 g/mol. The first-order valence-corrected chi connectivity index (χ1v) is 10.0. The van der Waals surface area contributed by atoms with E-state index in [4.69, 9.17) is 4.74 Å². The number of likely N-dealkylation sites (N-methyl/N-ethyl adjacent to an activating group) is 1. The molecule has 3 heterocycles. The summed E-state index contributed by atoms with van der Waals surface area (Å²) in [6.07, 6.45) is 1.69. The van der Waals surface area contributed by atoms with Gasteiger partial charge in [-0.2, -0.15) is 0 Å². The Morgan fingerprint density at radius 2 is 1.91 bits per heavy atom. The number of fused-ring (bicyclic) bond motifs is 3. The summed E-state index contributed by atoms with van der Waals surface area (Å²) >= 11 is 0. The second-order valence-electron chi connectivity index (χ2n) is 7.61. The zero-order valence-corrected chi connectivity index (χ0v) is 17.0. The van der Waals surface area contributed by atoms with Crippen molar-refractivity contribution in [2.24, 2.45) is 0 Å². The van der Waals surface area contributed by atoms with E-state index in [1.165, 1.54) is 15.7 Å². The van der Waals surface area contributed by atoms with Gasteiger partial charge in [-0.15, -0.1) is 0 Å². The molecule has 8 nitrogen and oxygen atoms in total. The Balaban J connectivity index is 1.69. The summed E-state index contributed by atoms with van der Waals surface area (Å²) in [5.74, 6) is -6.09. The second-order valence-corrected chi connectivity index (χ2v) is 7.61. The van der Waals surface area contributed by atoms with E-state index in [0.29, 0.717) is 31.7 Å². The Hall–Kier alpha value is -3.34. The molecule has 4 rings (SSSR count). The van der Waals surface area contributed by atoms with Gasteiger partial charge in [-0.3, -0.25) is 14.4 Å². The van der Waals surface area contributed by atoms with Gasteiger partial charge in [0.2, 0.25) is 5.43 Å². The van der Waals surface area contributed by atoms with Crippen molar-refractivity contribution in [1.82, 2.24) is 14.8 Å². The zero-order valence-electron chi connectivity index (χ0n) is 17.0. The summed E-state index contributed by atoms with van der Waals surface area (Å²) < 4.78 is 47.2. The molecule has 1 fully saturated rings. The Morgan fingerprint density at radius 3 is 2.62 bits per heavy atom. The monoisotopic (exact) mass is 451 g/mol. The van der Waals surface area contributed by atoms with Crippen molar-refractivity contribution < 1.29 is 32.6 Å². The topological polar surface area (TPSA) is 101 Å². The fraction of sp³-hybridized carbons (Fsp3) is 0.381. The van der Waals surface area contributed by atoms with Crippen molar-refractivity contribution in [2.75, 3.05) is 19.8 Å². The summed E-state index contributed by atoms with van der Waals surface area (Å²) in [5, 5.41) is 12.8. The quantitative estimate of drug-likeness (QED) is 0.690. The van der Waals surface area contributed by atoms with Crippen molar-refractivity contribution in [1.29, 1.82) is 0 Å². The highest BCUT2D eigenvalue weighted by Crippen LogP contribution is 2.35. The van der Waals surface area contributed by atoms with E-state index in [9.17, 15) is 32.7 Å². The maximum absolute atomic E-state index is 13.8. The van der Waals surface area contributed by atoms with Crippen LogP contribution in [-0.4, -0.2) is 52.2 Å². The minimum absolute atomic E-state index is 0.205. The van der Waals surface area contributed by atoms with Gasteiger partial charge < -0.3 is 24.6 Å². The standard InChI is InChI=1S/C21H20F3N3O5/c1-2-26-16-9-32-4-3-15(16)27-8-11(18(28)19(29)17(27)21(26)31)20(30)25-7-10-5-13(23)14(24)6-12(10)22/h5-6,8,15-16,29H,2-4,7,9H2,1H3,(H,25,30)/t15-,16+/m0/s1. The number of aromatic hydroxyl groups is 1. The highest BCUT2D eigenvalue weighted by Gasteiger charge is 2.43. The molecule has 2 N–H and O–H groups in total. The molecule has 11 heteroatoms. The largest absolute Gasteiger partial charge is 0.503 e. The van der Waals surface area contributed by atoms with Crippen LogP contribution in [0.25, 0.3) is 0 Å². The van der Waals surface area contributed by atoms with Crippen LogP contribution in [0.4, 0.5) is 13.2 Å². The van der Waals surface area contributed by atoms with Gasteiger partial charge in [-0.1, -0.05) is 0 Å². The number of carbonyl (C=O) groups excluding carboxylic acids is 2. The highest BCUT2D eigenvalue weighted by molar-refractivity contribution is 5.99. The van der Waals surface area contributed by atoms with Gasteiger partial charge in [0.05, 0.1) is 18.7 Å². The molecule has 170 valence electrons. The van der Waals surface area contributed by atoms with E-state index < -0.39 is 52.6 Å². The Kier molecular flexibility index (Phi) is 5.68. The van der Waals surface area contributed by atoms with E-state index in [1.54, 1.807) is 6.92 Å². The number of hydrogen-bond acceptors (Lipinski definition) is 5. The van der Waals surface area contributed by atoms with E-state index in [1.807, 2.05) is 0 Å². The van der Waals surface area contributed by atoms with Crippen LogP contribution in [0, 0.1) is 17.5 Å². The fourth-order valence-corrected chi connectivity index (χ4v) is 4.22. The lowest BCUT2D eigenvalue weighted by Crippen LogP contribution is -2.55. The van der Waals surface area contributed by atoms with Gasteiger partial charge in [0.1, 0.15) is 11.4 Å². The van der Waals surface area contributed by atoms with Crippen LogP contribution < -0.4 is 10.7 Å². The molecule has 0 unspecified atom stereocenters. The Bertz CT molecular complexity index is 1170. The maximum Gasteiger partial charge on any atom is 0.274 e. The van der Waals surface area contributed by atoms with Gasteiger partial charge in [0.25, 0.3) is 11.8 Å². The lowest BCUT2D eigenvalue weighted by molar-refractivity contribution is -0.0176. The molecule has 32 heavy (non-hydrogen) atoms. The first-order chi connectivity index (χ1) is 15.2. The molecular formula is C21H20F3N3O5. The second kappa shape index (κ2) is 8.30. The van der Waals surface area contributed by atoms with Crippen molar-refractivity contribution in [3.8, 4) is 5.75 Å². The Morgan fingerprint density at radius 1 is 1.19 bits per heavy atom. The molecule has 1 saturated heterocycles. The molecule has 1 aromatic heterocycles. The van der Waals surface area contributed by atoms with Crippen LogP contribution in [0.15, 0.2) is 23.1 Å². The summed E-state index contributed by atoms with van der Waals surface area (Å²) in [6.45, 7) is 2.27. The molecule has 0 radical (unpaired) electrons. The van der Waals surface area contributed by atoms with Crippen LogP contribution in [0.1, 0.15) is 45.8 Å². The molecule has 2 aromatic rings. The molecule has 2 atom stereocenters. The normalized spacial score (nSPS) is 20.0. The van der Waals surface area contributed by atoms with Gasteiger partial charge in [-0.25, -0.2) is 13.2 Å². The number of ether oxygens (including phenoxy) is 1. The number of rotatable bonds is 4. The summed E-state index contributed by atoms with van der Waals surface area (Å²) in [6, 6.07) is 0.306. The number of pyridine rings is 1. The molecule has 0 bridgehead atoms. The molecule has 2 amide bonds. The van der Waals surface area contributed by atoms with E-state index in [0.717, 1.165) is 0 Å². The molecular weight excluding hydrogens is 431 g/mol. The first kappa shape index (κ1) is 21.9. The van der Waals surface area contributed by atoms with Crippen LogP contribution in [0.5, 0.6) is 5.75 Å². The van der Waals surface area contributed by atoms with Crippen molar-refractivity contribution in [3.05, 3.63) is 62.8 Å². The minimum atomic E-state index is -1.37. The molecule has 1 aromatic carbocycles. The zero-order chi connectivity index (χ0) is 23.2. The predicted molar refractivity (Wildman–Crippen MR) is 105 cm³/mol. The molecule has 0 spiro atoms. The van der Waals surface area contributed by atoms with Gasteiger partial charge >= 0.3 is 0 Å². The molecule has 2 aliphatic rings. The molecule has 2 aliphatic heterocycles. The minimum Gasteiger partial charge on any atom is -0.503 e. The van der Waals surface area contributed by atoms with Crippen LogP contribution in [0.2, 0.25) is 0 Å². The third-order valence-electron chi connectivity index (χ3n) is 5.84. The van der Waals surface area contributed by atoms with Crippen molar-refractivity contribution in [2.45, 2.75) is 32.0 Å². The average Bonchev–Trinajstić information content (AvgIpc) is 2.77. The van der Waals surface area contributed by atoms with Gasteiger partial charge in [-0.05, 0) is 19.4 Å². The number of nitrogens with zero attached hydrogens (tertiary/aromatic N) is 2. The number of hydrogen-bond donors (Lipinski definition) is 2. The fourth-order valence-electron chi connectivity index (χ4n) is 4.22. The lowest BCUT2D eigenvalue weighted by atomic mass is 9.96. The van der Waals surface area contributed by atoms with E-state index >= 15 is 0 Å². The number of benzene rings is 1. The number of amides is 2.